The highest BCUT2D eigenvalue weighted by Crippen LogP contribution is 2.48. The molecule has 2 aliphatic heterocycles. The Bertz CT molecular complexity index is 1100. The molecule has 2 aromatic heterocycles. The summed E-state index contributed by atoms with van der Waals surface area (Å²) in [6.45, 7) is 10.6. The smallest absolute Gasteiger partial charge is 0.398 e. The Hall–Kier alpha value is -2.07. The van der Waals surface area contributed by atoms with E-state index in [0.29, 0.717) is 23.5 Å². The van der Waals surface area contributed by atoms with Crippen LogP contribution in [0.15, 0.2) is 12.1 Å². The van der Waals surface area contributed by atoms with Gasteiger partial charge in [-0.2, -0.15) is 5.10 Å². The van der Waals surface area contributed by atoms with Gasteiger partial charge in [-0.1, -0.05) is 12.8 Å². The molecule has 1 amide bonds. The van der Waals surface area contributed by atoms with E-state index in [2.05, 4.69) is 17.0 Å². The number of amides is 1. The van der Waals surface area contributed by atoms with Gasteiger partial charge in [0.15, 0.2) is 5.65 Å². The molecule has 34 heavy (non-hydrogen) atoms. The number of carbonyl (C=O) groups excluding carboxylic acids is 1. The Morgan fingerprint density at radius 2 is 1.76 bits per heavy atom. The number of halogens is 2. The molecule has 1 aliphatic carbocycles. The van der Waals surface area contributed by atoms with Crippen molar-refractivity contribution >= 4 is 24.3 Å². The van der Waals surface area contributed by atoms with Crippen molar-refractivity contribution in [1.29, 1.82) is 0 Å². The van der Waals surface area contributed by atoms with Gasteiger partial charge in [0.2, 0.25) is 5.92 Å². The Balaban J connectivity index is 1.54. The van der Waals surface area contributed by atoms with E-state index in [9.17, 15) is 13.6 Å². The van der Waals surface area contributed by atoms with Crippen LogP contribution >= 0.6 is 0 Å². The quantitative estimate of drug-likeness (QED) is 0.631. The summed E-state index contributed by atoms with van der Waals surface area (Å²) < 4.78 is 41.4. The van der Waals surface area contributed by atoms with Gasteiger partial charge in [0.05, 0.1) is 22.5 Å². The fraction of sp³-hybridized carbons (Fsp3) is 0.708. The summed E-state index contributed by atoms with van der Waals surface area (Å²) in [5.74, 6) is -3.23. The number of hydrogen-bond acceptors (Lipinski definition) is 5. The van der Waals surface area contributed by atoms with E-state index in [1.54, 1.807) is 16.6 Å². The number of likely N-dealkylation sites (tertiary alicyclic amines) is 1. The minimum atomic E-state index is -2.69. The first kappa shape index (κ1) is 23.7. The standard InChI is InChI=1S/C24H33BF2N4O3/c1-15-9-7-6-8-10-30(15)21(32)17-11-18(16-13-24(26,27)14-16)31-20(28-17)12-19(29-31)25-33-22(2,3)23(4,5)34-25/h11-12,15-16H,6-10,13-14H2,1-5H3/t15-/m1/s1. The Morgan fingerprint density at radius 3 is 2.41 bits per heavy atom. The summed E-state index contributed by atoms with van der Waals surface area (Å²) in [7, 11) is -0.702. The fourth-order valence-electron chi connectivity index (χ4n) is 5.09. The maximum Gasteiger partial charge on any atom is 0.516 e. The van der Waals surface area contributed by atoms with Gasteiger partial charge >= 0.3 is 7.12 Å². The van der Waals surface area contributed by atoms with Gasteiger partial charge in [-0.3, -0.25) is 4.79 Å². The maximum atomic E-state index is 13.8. The van der Waals surface area contributed by atoms with Gasteiger partial charge in [0.1, 0.15) is 5.69 Å². The van der Waals surface area contributed by atoms with E-state index in [-0.39, 0.29) is 36.4 Å². The van der Waals surface area contributed by atoms with Gasteiger partial charge in [-0.15, -0.1) is 0 Å². The van der Waals surface area contributed by atoms with Gasteiger partial charge in [-0.05, 0) is 53.5 Å². The van der Waals surface area contributed by atoms with Crippen LogP contribution in [0.1, 0.15) is 95.2 Å². The lowest BCUT2D eigenvalue weighted by atomic mass is 9.79. The van der Waals surface area contributed by atoms with Crippen molar-refractivity contribution in [2.24, 2.45) is 0 Å². The van der Waals surface area contributed by atoms with E-state index < -0.39 is 24.2 Å². The van der Waals surface area contributed by atoms with Crippen molar-refractivity contribution in [2.75, 3.05) is 6.54 Å². The molecule has 2 saturated heterocycles. The molecule has 2 aromatic rings. The molecule has 0 spiro atoms. The van der Waals surface area contributed by atoms with Crippen molar-refractivity contribution < 1.29 is 22.9 Å². The van der Waals surface area contributed by atoms with E-state index in [1.807, 2.05) is 32.6 Å². The highest BCUT2D eigenvalue weighted by molar-refractivity contribution is 6.61. The van der Waals surface area contributed by atoms with Gasteiger partial charge in [-0.25, -0.2) is 18.3 Å². The molecule has 5 rings (SSSR count). The van der Waals surface area contributed by atoms with E-state index >= 15 is 0 Å². The zero-order chi connectivity index (χ0) is 24.5. The zero-order valence-corrected chi connectivity index (χ0v) is 20.6. The minimum absolute atomic E-state index is 0.120. The molecule has 3 aliphatic rings. The van der Waals surface area contributed by atoms with Crippen LogP contribution in [0, 0.1) is 0 Å². The molecule has 3 fully saturated rings. The Kier molecular flexibility index (Phi) is 5.56. The summed E-state index contributed by atoms with van der Waals surface area (Å²) in [6.07, 6.45) is 3.59. The van der Waals surface area contributed by atoms with Gasteiger partial charge in [0, 0.05) is 37.4 Å². The van der Waals surface area contributed by atoms with Crippen molar-refractivity contribution in [2.45, 2.75) is 102 Å². The predicted molar refractivity (Wildman–Crippen MR) is 125 cm³/mol. The van der Waals surface area contributed by atoms with Crippen molar-refractivity contribution in [1.82, 2.24) is 19.5 Å². The lowest BCUT2D eigenvalue weighted by Crippen LogP contribution is -2.41. The first-order chi connectivity index (χ1) is 15.9. The number of aromatic nitrogens is 3. The average Bonchev–Trinajstić information content (AvgIpc) is 3.16. The summed E-state index contributed by atoms with van der Waals surface area (Å²) >= 11 is 0. The molecule has 4 heterocycles. The first-order valence-electron chi connectivity index (χ1n) is 12.3. The highest BCUT2D eigenvalue weighted by Gasteiger charge is 2.53. The van der Waals surface area contributed by atoms with Crippen LogP contribution in [-0.2, 0) is 9.31 Å². The molecular weight excluding hydrogens is 441 g/mol. The van der Waals surface area contributed by atoms with Crippen molar-refractivity contribution in [3.63, 3.8) is 0 Å². The number of rotatable bonds is 3. The number of alkyl halides is 2. The molecule has 1 saturated carbocycles. The second-order valence-corrected chi connectivity index (χ2v) is 11.2. The normalized spacial score (nSPS) is 26.5. The SMILES string of the molecule is C[C@@H]1CCCCCN1C(=O)c1cc(C2CC(F)(F)C2)n2nc(B3OC(C)(C)C(C)(C)O3)cc2n1. The molecule has 184 valence electrons. The molecule has 0 unspecified atom stereocenters. The second kappa shape index (κ2) is 7.98. The van der Waals surface area contributed by atoms with Gasteiger partial charge in [0.25, 0.3) is 5.91 Å². The van der Waals surface area contributed by atoms with Crippen LogP contribution < -0.4 is 5.59 Å². The number of hydrogen-bond donors (Lipinski definition) is 0. The van der Waals surface area contributed by atoms with Crippen LogP contribution in [0.4, 0.5) is 8.78 Å². The minimum Gasteiger partial charge on any atom is -0.398 e. The molecule has 1 atom stereocenters. The van der Waals surface area contributed by atoms with Crippen LogP contribution in [0.25, 0.3) is 5.65 Å². The third kappa shape index (κ3) is 4.02. The summed E-state index contributed by atoms with van der Waals surface area (Å²) in [5.41, 5.74) is 0.763. The van der Waals surface area contributed by atoms with Crippen molar-refractivity contribution in [3.05, 3.63) is 23.5 Å². The monoisotopic (exact) mass is 474 g/mol. The van der Waals surface area contributed by atoms with Crippen LogP contribution in [0.5, 0.6) is 0 Å². The molecular formula is C24H33BF2N4O3. The van der Waals surface area contributed by atoms with Crippen LogP contribution in [-0.4, -0.2) is 62.2 Å². The lowest BCUT2D eigenvalue weighted by molar-refractivity contribution is -0.0879. The highest BCUT2D eigenvalue weighted by atomic mass is 19.3. The van der Waals surface area contributed by atoms with Gasteiger partial charge < -0.3 is 14.2 Å². The predicted octanol–water partition coefficient (Wildman–Crippen LogP) is 3.95. The summed E-state index contributed by atoms with van der Waals surface area (Å²) in [4.78, 5) is 20.0. The number of carbonyl (C=O) groups is 1. The Labute approximate surface area is 199 Å². The second-order valence-electron chi connectivity index (χ2n) is 11.2. The van der Waals surface area contributed by atoms with Crippen molar-refractivity contribution in [3.8, 4) is 0 Å². The van der Waals surface area contributed by atoms with Crippen LogP contribution in [0.2, 0.25) is 0 Å². The van der Waals surface area contributed by atoms with E-state index in [4.69, 9.17) is 9.31 Å². The summed E-state index contributed by atoms with van der Waals surface area (Å²) in [6, 6.07) is 3.52. The van der Waals surface area contributed by atoms with Crippen LogP contribution in [0.3, 0.4) is 0 Å². The number of fused-ring (bicyclic) bond motifs is 1. The lowest BCUT2D eigenvalue weighted by Gasteiger charge is -2.35. The third-order valence-electron chi connectivity index (χ3n) is 8.01. The van der Waals surface area contributed by atoms with E-state index in [0.717, 1.165) is 25.7 Å². The largest absolute Gasteiger partial charge is 0.516 e. The molecule has 0 radical (unpaired) electrons. The summed E-state index contributed by atoms with van der Waals surface area (Å²) in [5, 5.41) is 4.65. The maximum absolute atomic E-state index is 13.8. The third-order valence-corrected chi connectivity index (χ3v) is 8.01. The molecule has 0 N–H and O–H groups in total. The first-order valence-corrected chi connectivity index (χ1v) is 12.3. The topological polar surface area (TPSA) is 69.0 Å². The molecule has 7 nitrogen and oxygen atoms in total. The average molecular weight is 474 g/mol. The zero-order valence-electron chi connectivity index (χ0n) is 20.6. The fourth-order valence-corrected chi connectivity index (χ4v) is 5.09. The van der Waals surface area contributed by atoms with E-state index in [1.165, 1.54) is 0 Å². The Morgan fingerprint density at radius 1 is 1.09 bits per heavy atom. The molecule has 0 bridgehead atoms. The molecule has 10 heteroatoms. The number of nitrogens with zero attached hydrogens (tertiary/aromatic N) is 4. The molecule has 0 aromatic carbocycles.